The Morgan fingerprint density at radius 2 is 2.08 bits per heavy atom. The minimum absolute atomic E-state index is 0.0283. The Labute approximate surface area is 93.9 Å². The van der Waals surface area contributed by atoms with Gasteiger partial charge in [0.2, 0.25) is 0 Å². The van der Waals surface area contributed by atoms with Crippen LogP contribution in [0.25, 0.3) is 0 Å². The van der Waals surface area contributed by atoms with Gasteiger partial charge < -0.3 is 4.74 Å². The van der Waals surface area contributed by atoms with Gasteiger partial charge in [0.1, 0.15) is 0 Å². The van der Waals surface area contributed by atoms with E-state index in [0.717, 1.165) is 0 Å². The van der Waals surface area contributed by atoms with Gasteiger partial charge in [-0.2, -0.15) is 0 Å². The van der Waals surface area contributed by atoms with Crippen LogP contribution in [0.4, 0.5) is 4.39 Å². The first-order chi connectivity index (χ1) is 6.11. The van der Waals surface area contributed by atoms with Gasteiger partial charge in [-0.25, -0.2) is 4.39 Å². The van der Waals surface area contributed by atoms with Gasteiger partial charge in [-0.05, 0) is 6.07 Å². The molecule has 1 aromatic rings. The summed E-state index contributed by atoms with van der Waals surface area (Å²) in [6, 6.07) is 1.46. The number of benzene rings is 1. The SMILES string of the molecule is COc1c(Cl)cc(Cl)c(CBr)c1F. The van der Waals surface area contributed by atoms with Crippen LogP contribution in [0.15, 0.2) is 6.07 Å². The highest BCUT2D eigenvalue weighted by atomic mass is 79.9. The van der Waals surface area contributed by atoms with Crippen molar-refractivity contribution in [2.24, 2.45) is 0 Å². The van der Waals surface area contributed by atoms with Crippen molar-refractivity contribution >= 4 is 39.1 Å². The maximum atomic E-state index is 13.5. The second-order valence-corrected chi connectivity index (χ2v) is 3.67. The molecule has 0 fully saturated rings. The van der Waals surface area contributed by atoms with Gasteiger partial charge in [0.05, 0.1) is 12.1 Å². The summed E-state index contributed by atoms with van der Waals surface area (Å²) in [4.78, 5) is 0. The number of ether oxygens (including phenoxy) is 1. The van der Waals surface area contributed by atoms with Gasteiger partial charge in [0.15, 0.2) is 11.6 Å². The van der Waals surface area contributed by atoms with Crippen molar-refractivity contribution in [3.05, 3.63) is 27.5 Å². The molecule has 0 bridgehead atoms. The van der Waals surface area contributed by atoms with Crippen LogP contribution in [0.3, 0.4) is 0 Å². The minimum Gasteiger partial charge on any atom is -0.492 e. The van der Waals surface area contributed by atoms with Gasteiger partial charge in [-0.3, -0.25) is 0 Å². The van der Waals surface area contributed by atoms with Crippen LogP contribution >= 0.6 is 39.1 Å². The minimum atomic E-state index is -0.517. The predicted molar refractivity (Wildman–Crippen MR) is 55.6 cm³/mol. The summed E-state index contributed by atoms with van der Waals surface area (Å²) in [5, 5.41) is 0.792. The van der Waals surface area contributed by atoms with Crippen molar-refractivity contribution in [1.82, 2.24) is 0 Å². The molecule has 1 nitrogen and oxygen atoms in total. The van der Waals surface area contributed by atoms with Gasteiger partial charge >= 0.3 is 0 Å². The third-order valence-corrected chi connectivity index (χ3v) is 2.74. The first kappa shape index (κ1) is 11.1. The van der Waals surface area contributed by atoms with E-state index in [-0.39, 0.29) is 10.8 Å². The molecule has 1 aromatic carbocycles. The first-order valence-electron chi connectivity index (χ1n) is 3.38. The fourth-order valence-electron chi connectivity index (χ4n) is 0.920. The molecule has 0 unspecified atom stereocenters. The highest BCUT2D eigenvalue weighted by Gasteiger charge is 2.15. The molecule has 0 spiro atoms. The van der Waals surface area contributed by atoms with Crippen LogP contribution < -0.4 is 4.74 Å². The average Bonchev–Trinajstić information content (AvgIpc) is 2.04. The zero-order valence-corrected chi connectivity index (χ0v) is 9.80. The second-order valence-electron chi connectivity index (χ2n) is 2.30. The molecule has 72 valence electrons. The third kappa shape index (κ3) is 2.09. The molecule has 0 saturated heterocycles. The monoisotopic (exact) mass is 286 g/mol. The van der Waals surface area contributed by atoms with E-state index >= 15 is 0 Å². The second kappa shape index (κ2) is 4.49. The molecule has 0 amide bonds. The molecule has 0 saturated carbocycles. The normalized spacial score (nSPS) is 10.2. The van der Waals surface area contributed by atoms with Gasteiger partial charge in [-0.1, -0.05) is 39.1 Å². The number of halogens is 4. The van der Waals surface area contributed by atoms with Crippen molar-refractivity contribution in [2.75, 3.05) is 7.11 Å². The van der Waals surface area contributed by atoms with E-state index in [2.05, 4.69) is 15.9 Å². The molecular formula is C8H6BrCl2FO. The third-order valence-electron chi connectivity index (χ3n) is 1.56. The number of hydrogen-bond donors (Lipinski definition) is 0. The molecule has 0 radical (unpaired) electrons. The number of hydrogen-bond acceptors (Lipinski definition) is 1. The smallest absolute Gasteiger partial charge is 0.173 e. The summed E-state index contributed by atoms with van der Waals surface area (Å²) in [5.74, 6) is -0.489. The Balaban J connectivity index is 3.39. The average molecular weight is 288 g/mol. The van der Waals surface area contributed by atoms with Crippen LogP contribution in [0.2, 0.25) is 10.0 Å². The van der Waals surface area contributed by atoms with Crippen molar-refractivity contribution in [3.63, 3.8) is 0 Å². The summed E-state index contributed by atoms with van der Waals surface area (Å²) in [6.45, 7) is 0. The molecule has 5 heteroatoms. The Hall–Kier alpha value is 0.01000. The van der Waals surface area contributed by atoms with Crippen LogP contribution in [-0.4, -0.2) is 7.11 Å². The van der Waals surface area contributed by atoms with Crippen LogP contribution in [-0.2, 0) is 5.33 Å². The lowest BCUT2D eigenvalue weighted by Gasteiger charge is -2.09. The van der Waals surface area contributed by atoms with Crippen molar-refractivity contribution < 1.29 is 9.13 Å². The fraction of sp³-hybridized carbons (Fsp3) is 0.250. The molecule has 0 heterocycles. The van der Waals surface area contributed by atoms with Crippen LogP contribution in [0, 0.1) is 5.82 Å². The van der Waals surface area contributed by atoms with Gasteiger partial charge in [0.25, 0.3) is 0 Å². The molecule has 0 atom stereocenters. The number of rotatable bonds is 2. The summed E-state index contributed by atoms with van der Waals surface area (Å²) in [5.41, 5.74) is 0.350. The Bertz CT molecular complexity index is 302. The highest BCUT2D eigenvalue weighted by molar-refractivity contribution is 9.08. The maximum Gasteiger partial charge on any atom is 0.173 e. The van der Waals surface area contributed by atoms with Crippen molar-refractivity contribution in [3.8, 4) is 5.75 Å². The molecule has 0 aliphatic heterocycles. The zero-order chi connectivity index (χ0) is 10.0. The summed E-state index contributed by atoms with van der Waals surface area (Å²) >= 11 is 14.6. The largest absolute Gasteiger partial charge is 0.492 e. The van der Waals surface area contributed by atoms with Crippen molar-refractivity contribution in [1.29, 1.82) is 0 Å². The zero-order valence-electron chi connectivity index (χ0n) is 6.70. The van der Waals surface area contributed by atoms with Crippen LogP contribution in [0.1, 0.15) is 5.56 Å². The number of methoxy groups -OCH3 is 1. The summed E-state index contributed by atoms with van der Waals surface area (Å²) < 4.78 is 18.3. The molecule has 0 N–H and O–H groups in total. The molecule has 0 aliphatic carbocycles. The molecule has 0 aliphatic rings. The lowest BCUT2D eigenvalue weighted by molar-refractivity contribution is 0.385. The fourth-order valence-corrected chi connectivity index (χ4v) is 2.21. The standard InChI is InChI=1S/C8H6BrCl2FO/c1-13-8-6(11)2-5(10)4(3-9)7(8)12/h2H,3H2,1H3. The maximum absolute atomic E-state index is 13.5. The van der Waals surface area contributed by atoms with E-state index < -0.39 is 5.82 Å². The first-order valence-corrected chi connectivity index (χ1v) is 5.25. The van der Waals surface area contributed by atoms with Gasteiger partial charge in [0, 0.05) is 15.9 Å². The Morgan fingerprint density at radius 1 is 1.46 bits per heavy atom. The van der Waals surface area contributed by atoms with E-state index in [9.17, 15) is 4.39 Å². The molecule has 0 aromatic heterocycles. The molecular weight excluding hydrogens is 282 g/mol. The highest BCUT2D eigenvalue weighted by Crippen LogP contribution is 2.35. The predicted octanol–water partition coefficient (Wildman–Crippen LogP) is 4.04. The summed E-state index contributed by atoms with van der Waals surface area (Å²) in [7, 11) is 1.36. The topological polar surface area (TPSA) is 9.23 Å². The van der Waals surface area contributed by atoms with E-state index in [0.29, 0.717) is 15.9 Å². The van der Waals surface area contributed by atoms with Crippen LogP contribution in [0.5, 0.6) is 5.75 Å². The Kier molecular flexibility index (Phi) is 3.83. The summed E-state index contributed by atoms with van der Waals surface area (Å²) in [6.07, 6.45) is 0. The lowest BCUT2D eigenvalue weighted by Crippen LogP contribution is -1.95. The molecule has 13 heavy (non-hydrogen) atoms. The molecule has 1 rings (SSSR count). The van der Waals surface area contributed by atoms with E-state index in [1.807, 2.05) is 0 Å². The Morgan fingerprint density at radius 3 is 2.54 bits per heavy atom. The van der Waals surface area contributed by atoms with Gasteiger partial charge in [-0.15, -0.1) is 0 Å². The van der Waals surface area contributed by atoms with E-state index in [1.54, 1.807) is 0 Å². The van der Waals surface area contributed by atoms with Crippen molar-refractivity contribution in [2.45, 2.75) is 5.33 Å². The lowest BCUT2D eigenvalue weighted by atomic mass is 10.2. The quantitative estimate of drug-likeness (QED) is 0.746. The van der Waals surface area contributed by atoms with E-state index in [4.69, 9.17) is 27.9 Å². The van der Waals surface area contributed by atoms with E-state index in [1.165, 1.54) is 13.2 Å². The number of alkyl halides is 1.